The Balaban J connectivity index is 2.26. The first kappa shape index (κ1) is 7.38. The third kappa shape index (κ3) is 0.956. The molecule has 0 bridgehead atoms. The van der Waals surface area contributed by atoms with Crippen LogP contribution < -0.4 is 5.43 Å². The van der Waals surface area contributed by atoms with Gasteiger partial charge >= 0.3 is 0 Å². The smallest absolute Gasteiger partial charge is 0.161 e. The molecule has 0 spiro atoms. The second kappa shape index (κ2) is 2.73. The summed E-state index contributed by atoms with van der Waals surface area (Å²) in [5.41, 5.74) is 4.97. The molecule has 0 unspecified atom stereocenters. The minimum atomic E-state index is 0.867. The zero-order valence-electron chi connectivity index (χ0n) is 7.46. The molecule has 67 valence electrons. The second-order valence-electron chi connectivity index (χ2n) is 3.13. The number of hydrogen-bond acceptors (Lipinski definition) is 1. The van der Waals surface area contributed by atoms with Crippen molar-refractivity contribution >= 4 is 16.7 Å². The van der Waals surface area contributed by atoms with Gasteiger partial charge in [0, 0.05) is 12.3 Å². The van der Waals surface area contributed by atoms with Crippen LogP contribution in [0, 0.1) is 0 Å². The van der Waals surface area contributed by atoms with Crippen LogP contribution in [0.15, 0.2) is 53.9 Å². The van der Waals surface area contributed by atoms with Crippen molar-refractivity contribution in [3.8, 4) is 0 Å². The molecule has 1 aromatic heterocycles. The lowest BCUT2D eigenvalue weighted by atomic mass is 10.2. The third-order valence-corrected chi connectivity index (χ3v) is 2.30. The second-order valence-corrected chi connectivity index (χ2v) is 3.13. The molecule has 0 aliphatic carbocycles. The molecule has 1 aliphatic rings. The molecule has 0 saturated carbocycles. The van der Waals surface area contributed by atoms with Crippen LogP contribution in [0.1, 0.15) is 0 Å². The summed E-state index contributed by atoms with van der Waals surface area (Å²) in [6, 6.07) is 10.3. The quantitative estimate of drug-likeness (QED) is 0.596. The van der Waals surface area contributed by atoms with Crippen molar-refractivity contribution < 1.29 is 0 Å². The molecule has 1 radical (unpaired) electrons. The maximum Gasteiger partial charge on any atom is 0.161 e. The molecule has 2 aromatic rings. The molecule has 0 amide bonds. The predicted octanol–water partition coefficient (Wildman–Crippen LogP) is 1.93. The molecule has 1 aliphatic heterocycles. The van der Waals surface area contributed by atoms with Crippen molar-refractivity contribution in [3.05, 3.63) is 48.8 Å². The molecule has 14 heavy (non-hydrogen) atoms. The van der Waals surface area contributed by atoms with Crippen LogP contribution in [0.25, 0.3) is 10.9 Å². The van der Waals surface area contributed by atoms with E-state index >= 15 is 0 Å². The van der Waals surface area contributed by atoms with Crippen molar-refractivity contribution in [1.82, 2.24) is 9.99 Å². The maximum atomic E-state index is 4.02. The van der Waals surface area contributed by atoms with Crippen molar-refractivity contribution in [2.75, 3.05) is 0 Å². The fourth-order valence-electron chi connectivity index (χ4n) is 1.64. The average Bonchev–Trinajstić information content (AvgIpc) is 2.85. The Morgan fingerprint density at radius 3 is 2.86 bits per heavy atom. The van der Waals surface area contributed by atoms with Crippen LogP contribution in [0.3, 0.4) is 0 Å². The first-order chi connectivity index (χ1) is 6.95. The first-order valence-electron chi connectivity index (χ1n) is 4.46. The Labute approximate surface area is 81.3 Å². The van der Waals surface area contributed by atoms with Crippen molar-refractivity contribution in [1.29, 1.82) is 0 Å². The van der Waals surface area contributed by atoms with Crippen molar-refractivity contribution in [2.24, 2.45) is 5.10 Å². The number of allylic oxidation sites excluding steroid dienone is 1. The maximum absolute atomic E-state index is 4.02. The van der Waals surface area contributed by atoms with Gasteiger partial charge in [0.05, 0.1) is 11.7 Å². The summed E-state index contributed by atoms with van der Waals surface area (Å²) in [6.07, 6.45) is 5.60. The minimum Gasteiger partial charge on any atom is -0.300 e. The lowest BCUT2D eigenvalue weighted by molar-refractivity contribution is 0.959. The van der Waals surface area contributed by atoms with E-state index in [1.807, 2.05) is 29.0 Å². The number of nitrogens with zero attached hydrogens (tertiary/aromatic N) is 3. The Bertz CT molecular complexity index is 534. The highest BCUT2D eigenvalue weighted by Gasteiger charge is 2.06. The number of aromatic nitrogens is 1. The van der Waals surface area contributed by atoms with E-state index in [0.717, 1.165) is 11.4 Å². The molecule has 0 atom stereocenters. The van der Waals surface area contributed by atoms with Crippen LogP contribution in [0.5, 0.6) is 0 Å². The zero-order chi connectivity index (χ0) is 9.38. The summed E-state index contributed by atoms with van der Waals surface area (Å²) in [6.45, 7) is 0. The summed E-state index contributed by atoms with van der Waals surface area (Å²) >= 11 is 0. The molecule has 0 saturated heterocycles. The highest BCUT2D eigenvalue weighted by atomic mass is 15.3. The first-order valence-corrected chi connectivity index (χ1v) is 4.46. The SMILES string of the molecule is C1=CC(n2ccc3ccccc32)=N[N]1. The van der Waals surface area contributed by atoms with Gasteiger partial charge in [-0.25, -0.2) is 0 Å². The van der Waals surface area contributed by atoms with Crippen LogP contribution in [0.4, 0.5) is 0 Å². The lowest BCUT2D eigenvalue weighted by Gasteiger charge is -2.00. The van der Waals surface area contributed by atoms with Gasteiger partial charge in [-0.3, -0.25) is 4.57 Å². The third-order valence-electron chi connectivity index (χ3n) is 2.30. The largest absolute Gasteiger partial charge is 0.300 e. The average molecular weight is 182 g/mol. The number of benzene rings is 1. The van der Waals surface area contributed by atoms with Crippen LogP contribution in [-0.4, -0.2) is 10.4 Å². The lowest BCUT2D eigenvalue weighted by Crippen LogP contribution is -2.05. The molecule has 1 aromatic carbocycles. The van der Waals surface area contributed by atoms with Gasteiger partial charge in [-0.05, 0) is 17.5 Å². The van der Waals surface area contributed by atoms with Gasteiger partial charge in [0.1, 0.15) is 0 Å². The Morgan fingerprint density at radius 1 is 1.07 bits per heavy atom. The van der Waals surface area contributed by atoms with Gasteiger partial charge in [0.25, 0.3) is 0 Å². The van der Waals surface area contributed by atoms with E-state index < -0.39 is 0 Å². The summed E-state index contributed by atoms with van der Waals surface area (Å²) in [5, 5.41) is 5.24. The number of para-hydroxylation sites is 1. The standard InChI is InChI=1S/C11H8N3/c1-2-4-10-9(3-1)6-8-14(10)11-5-7-12-13-11/h1-8H. The topological polar surface area (TPSA) is 31.4 Å². The summed E-state index contributed by atoms with van der Waals surface area (Å²) in [5.74, 6) is 0.867. The van der Waals surface area contributed by atoms with Crippen molar-refractivity contribution in [3.63, 3.8) is 0 Å². The van der Waals surface area contributed by atoms with E-state index in [9.17, 15) is 0 Å². The molecular formula is C11H8N3. The predicted molar refractivity (Wildman–Crippen MR) is 56.0 cm³/mol. The van der Waals surface area contributed by atoms with E-state index in [-0.39, 0.29) is 0 Å². The van der Waals surface area contributed by atoms with Crippen LogP contribution in [0.2, 0.25) is 0 Å². The van der Waals surface area contributed by atoms with Gasteiger partial charge in [0.2, 0.25) is 0 Å². The molecular weight excluding hydrogens is 174 g/mol. The van der Waals surface area contributed by atoms with Crippen LogP contribution in [-0.2, 0) is 0 Å². The molecule has 3 nitrogen and oxygen atoms in total. The van der Waals surface area contributed by atoms with E-state index in [4.69, 9.17) is 0 Å². The van der Waals surface area contributed by atoms with Gasteiger partial charge in [-0.15, -0.1) is 5.10 Å². The summed E-state index contributed by atoms with van der Waals surface area (Å²) in [7, 11) is 0. The van der Waals surface area contributed by atoms with E-state index in [2.05, 4.69) is 28.7 Å². The van der Waals surface area contributed by atoms with Crippen LogP contribution >= 0.6 is 0 Å². The highest BCUT2D eigenvalue weighted by Crippen LogP contribution is 2.15. The fourth-order valence-corrected chi connectivity index (χ4v) is 1.64. The Kier molecular flexibility index (Phi) is 1.44. The molecule has 2 heterocycles. The highest BCUT2D eigenvalue weighted by molar-refractivity contribution is 6.02. The normalized spacial score (nSPS) is 14.4. The van der Waals surface area contributed by atoms with Gasteiger partial charge in [-0.1, -0.05) is 18.2 Å². The van der Waals surface area contributed by atoms with E-state index in [0.29, 0.717) is 0 Å². The molecule has 0 N–H and O–H groups in total. The summed E-state index contributed by atoms with van der Waals surface area (Å²) < 4.78 is 2.03. The minimum absolute atomic E-state index is 0.867. The molecule has 0 fully saturated rings. The zero-order valence-corrected chi connectivity index (χ0v) is 7.46. The van der Waals surface area contributed by atoms with Gasteiger partial charge in [-0.2, -0.15) is 5.43 Å². The Hall–Kier alpha value is -2.03. The Morgan fingerprint density at radius 2 is 2.00 bits per heavy atom. The van der Waals surface area contributed by atoms with Gasteiger partial charge in [0.15, 0.2) is 5.84 Å². The van der Waals surface area contributed by atoms with E-state index in [1.54, 1.807) is 6.20 Å². The fraction of sp³-hybridized carbons (Fsp3) is 0. The molecule has 3 heteroatoms. The number of hydrogen-bond donors (Lipinski definition) is 0. The molecule has 3 rings (SSSR count). The van der Waals surface area contributed by atoms with Crippen molar-refractivity contribution in [2.45, 2.75) is 0 Å². The number of fused-ring (bicyclic) bond motifs is 1. The van der Waals surface area contributed by atoms with Gasteiger partial charge < -0.3 is 0 Å². The number of rotatable bonds is 0. The summed E-state index contributed by atoms with van der Waals surface area (Å²) in [4.78, 5) is 0. The van der Waals surface area contributed by atoms with E-state index in [1.165, 1.54) is 5.39 Å². The monoisotopic (exact) mass is 182 g/mol.